The lowest BCUT2D eigenvalue weighted by Crippen LogP contribution is -2.44. The number of hydrogen-bond donors (Lipinski definition) is 3. The first kappa shape index (κ1) is 21.8. The maximum Gasteiger partial charge on any atom is 0.229 e. The molecule has 4 heterocycles. The third-order valence-electron chi connectivity index (χ3n) is 6.99. The molecule has 2 aliphatic rings. The number of piperazine rings is 1. The number of nitrogens with zero attached hydrogens (tertiary/aromatic N) is 6. The van der Waals surface area contributed by atoms with Crippen molar-refractivity contribution >= 4 is 22.9 Å². The number of aromatic hydroxyl groups is 1. The first-order valence-corrected chi connectivity index (χ1v) is 12.4. The predicted octanol–water partition coefficient (Wildman–Crippen LogP) is 3.73. The van der Waals surface area contributed by atoms with Crippen LogP contribution in [0, 0.1) is 0 Å². The van der Waals surface area contributed by atoms with E-state index in [9.17, 15) is 5.11 Å². The molecule has 1 aliphatic heterocycles. The number of para-hydroxylation sites is 1. The van der Waals surface area contributed by atoms with Crippen molar-refractivity contribution in [3.8, 4) is 17.0 Å². The summed E-state index contributed by atoms with van der Waals surface area (Å²) in [6.07, 6.45) is 8.64. The Bertz CT molecular complexity index is 1310. The Kier molecular flexibility index (Phi) is 5.91. The molecule has 6 rings (SSSR count). The van der Waals surface area contributed by atoms with Gasteiger partial charge in [-0.05, 0) is 36.6 Å². The molecular weight excluding hydrogens is 440 g/mol. The zero-order valence-corrected chi connectivity index (χ0v) is 19.7. The maximum absolute atomic E-state index is 10.1. The summed E-state index contributed by atoms with van der Waals surface area (Å²) in [4.78, 5) is 21.4. The van der Waals surface area contributed by atoms with Gasteiger partial charge in [0.25, 0.3) is 0 Å². The molecule has 1 aromatic carbocycles. The molecule has 1 aliphatic carbocycles. The van der Waals surface area contributed by atoms with Crippen molar-refractivity contribution in [2.75, 3.05) is 36.4 Å². The highest BCUT2D eigenvalue weighted by Crippen LogP contribution is 2.33. The summed E-state index contributed by atoms with van der Waals surface area (Å²) < 4.78 is 2.25. The average Bonchev–Trinajstić information content (AvgIpc) is 3.58. The molecule has 0 spiro atoms. The van der Waals surface area contributed by atoms with E-state index in [1.165, 1.54) is 25.7 Å². The first-order chi connectivity index (χ1) is 17.3. The fourth-order valence-electron chi connectivity index (χ4n) is 5.05. The molecule has 1 saturated heterocycles. The lowest BCUT2D eigenvalue weighted by atomic mass is 10.1. The van der Waals surface area contributed by atoms with Crippen LogP contribution in [0.2, 0.25) is 0 Å². The van der Waals surface area contributed by atoms with Crippen molar-refractivity contribution in [2.24, 2.45) is 0 Å². The van der Waals surface area contributed by atoms with Crippen LogP contribution in [0.25, 0.3) is 22.4 Å². The van der Waals surface area contributed by atoms with Crippen LogP contribution in [0.4, 0.5) is 11.8 Å². The topological polar surface area (TPSA) is 104 Å². The molecule has 0 unspecified atom stereocenters. The third-order valence-corrected chi connectivity index (χ3v) is 6.99. The second-order valence-corrected chi connectivity index (χ2v) is 9.29. The fourth-order valence-corrected chi connectivity index (χ4v) is 5.05. The number of benzene rings is 1. The van der Waals surface area contributed by atoms with Crippen LogP contribution in [0.15, 0.2) is 48.9 Å². The number of phenolic OH excluding ortho intramolecular Hbond substituents is 1. The Morgan fingerprint density at radius 3 is 2.60 bits per heavy atom. The number of hydrogen-bond acceptors (Lipinski definition) is 8. The summed E-state index contributed by atoms with van der Waals surface area (Å²) in [5, 5.41) is 17.0. The van der Waals surface area contributed by atoms with Gasteiger partial charge in [-0.25, -0.2) is 4.98 Å². The summed E-state index contributed by atoms with van der Waals surface area (Å²) in [7, 11) is 0. The molecule has 4 aromatic rings. The van der Waals surface area contributed by atoms with Crippen molar-refractivity contribution in [3.05, 3.63) is 54.5 Å². The van der Waals surface area contributed by atoms with Gasteiger partial charge < -0.3 is 25.2 Å². The number of anilines is 2. The molecule has 0 amide bonds. The standard InChI is InChI=1S/C26H30N8O/c35-22-8-4-3-7-20(22)21-10-9-18(15-28-21)16-29-24-23-25(34(17-30-23)19-5-1-2-6-19)32-26(31-24)33-13-11-27-12-14-33/h3-4,7-10,15,17,19,27,35H,1-2,5-6,11-14,16H2,(H,29,31,32). The average molecular weight is 471 g/mol. The minimum absolute atomic E-state index is 0.229. The predicted molar refractivity (Wildman–Crippen MR) is 137 cm³/mol. The summed E-state index contributed by atoms with van der Waals surface area (Å²) in [5.41, 5.74) is 4.22. The number of rotatable bonds is 6. The quantitative estimate of drug-likeness (QED) is 0.392. The normalized spacial score (nSPS) is 16.7. The molecule has 0 atom stereocenters. The van der Waals surface area contributed by atoms with Gasteiger partial charge in [0, 0.05) is 50.5 Å². The van der Waals surface area contributed by atoms with Gasteiger partial charge in [-0.15, -0.1) is 0 Å². The van der Waals surface area contributed by atoms with Gasteiger partial charge in [-0.2, -0.15) is 9.97 Å². The van der Waals surface area contributed by atoms with Gasteiger partial charge in [0.2, 0.25) is 5.95 Å². The summed E-state index contributed by atoms with van der Waals surface area (Å²) in [6.45, 7) is 4.21. The zero-order chi connectivity index (χ0) is 23.6. The smallest absolute Gasteiger partial charge is 0.229 e. The van der Waals surface area contributed by atoms with E-state index in [0.717, 1.165) is 65.9 Å². The molecular formula is C26H30N8O. The van der Waals surface area contributed by atoms with Crippen LogP contribution >= 0.6 is 0 Å². The van der Waals surface area contributed by atoms with Crippen LogP contribution in [0.3, 0.4) is 0 Å². The van der Waals surface area contributed by atoms with E-state index in [0.29, 0.717) is 12.6 Å². The van der Waals surface area contributed by atoms with Crippen molar-refractivity contribution in [1.82, 2.24) is 29.8 Å². The molecule has 1 saturated carbocycles. The van der Waals surface area contributed by atoms with E-state index in [1.54, 1.807) is 6.07 Å². The fraction of sp³-hybridized carbons (Fsp3) is 0.385. The number of fused-ring (bicyclic) bond motifs is 1. The lowest BCUT2D eigenvalue weighted by molar-refractivity contribution is 0.477. The highest BCUT2D eigenvalue weighted by molar-refractivity contribution is 5.84. The molecule has 3 aromatic heterocycles. The van der Waals surface area contributed by atoms with Crippen molar-refractivity contribution in [2.45, 2.75) is 38.3 Å². The Hall–Kier alpha value is -3.72. The number of phenols is 1. The second kappa shape index (κ2) is 9.50. The highest BCUT2D eigenvalue weighted by atomic mass is 16.3. The van der Waals surface area contributed by atoms with Crippen LogP contribution in [0.5, 0.6) is 5.75 Å². The minimum atomic E-state index is 0.229. The summed E-state index contributed by atoms with van der Waals surface area (Å²) in [5.74, 6) is 1.74. The lowest BCUT2D eigenvalue weighted by Gasteiger charge is -2.27. The SMILES string of the molecule is Oc1ccccc1-c1ccc(CNc2nc(N3CCNCC3)nc3c2ncn3C2CCCC2)cn1. The van der Waals surface area contributed by atoms with Gasteiger partial charge in [0.05, 0.1) is 12.0 Å². The Morgan fingerprint density at radius 1 is 1.00 bits per heavy atom. The van der Waals surface area contributed by atoms with E-state index in [1.807, 2.05) is 42.9 Å². The van der Waals surface area contributed by atoms with Crippen molar-refractivity contribution in [3.63, 3.8) is 0 Å². The molecule has 0 bridgehead atoms. The van der Waals surface area contributed by atoms with Gasteiger partial charge in [-0.1, -0.05) is 31.0 Å². The van der Waals surface area contributed by atoms with Crippen LogP contribution in [-0.2, 0) is 6.54 Å². The Labute approximate surface area is 204 Å². The molecule has 9 nitrogen and oxygen atoms in total. The molecule has 35 heavy (non-hydrogen) atoms. The van der Waals surface area contributed by atoms with E-state index < -0.39 is 0 Å². The zero-order valence-electron chi connectivity index (χ0n) is 19.7. The van der Waals surface area contributed by atoms with E-state index >= 15 is 0 Å². The number of pyridine rings is 1. The summed E-state index contributed by atoms with van der Waals surface area (Å²) in [6, 6.07) is 11.7. The monoisotopic (exact) mass is 470 g/mol. The van der Waals surface area contributed by atoms with Gasteiger partial charge in [-0.3, -0.25) is 4.98 Å². The minimum Gasteiger partial charge on any atom is -0.507 e. The molecule has 2 fully saturated rings. The molecule has 0 radical (unpaired) electrons. The van der Waals surface area contributed by atoms with Crippen molar-refractivity contribution in [1.29, 1.82) is 0 Å². The van der Waals surface area contributed by atoms with Crippen LogP contribution < -0.4 is 15.5 Å². The van der Waals surface area contributed by atoms with E-state index in [2.05, 4.69) is 25.1 Å². The maximum atomic E-state index is 10.1. The van der Waals surface area contributed by atoms with E-state index in [4.69, 9.17) is 15.0 Å². The third kappa shape index (κ3) is 4.39. The largest absolute Gasteiger partial charge is 0.507 e. The summed E-state index contributed by atoms with van der Waals surface area (Å²) >= 11 is 0. The molecule has 9 heteroatoms. The van der Waals surface area contributed by atoms with Gasteiger partial charge >= 0.3 is 0 Å². The van der Waals surface area contributed by atoms with E-state index in [-0.39, 0.29) is 5.75 Å². The van der Waals surface area contributed by atoms with Crippen LogP contribution in [-0.4, -0.2) is 55.8 Å². The highest BCUT2D eigenvalue weighted by Gasteiger charge is 2.23. The van der Waals surface area contributed by atoms with Crippen molar-refractivity contribution < 1.29 is 5.11 Å². The van der Waals surface area contributed by atoms with Crippen LogP contribution in [0.1, 0.15) is 37.3 Å². The number of nitrogens with one attached hydrogen (secondary N) is 2. The first-order valence-electron chi connectivity index (χ1n) is 12.4. The number of imidazole rings is 1. The Balaban J connectivity index is 1.28. The Morgan fingerprint density at radius 2 is 1.83 bits per heavy atom. The second-order valence-electron chi connectivity index (χ2n) is 9.29. The molecule has 180 valence electrons. The van der Waals surface area contributed by atoms with Gasteiger partial charge in [0.15, 0.2) is 17.0 Å². The number of aromatic nitrogens is 5. The molecule has 3 N–H and O–H groups in total. The van der Waals surface area contributed by atoms with Gasteiger partial charge in [0.1, 0.15) is 5.75 Å².